The number of nitrogens with two attached hydrogens (primary N) is 1. The average molecular weight is 225 g/mol. The second-order valence-electron chi connectivity index (χ2n) is 5.19. The lowest BCUT2D eigenvalue weighted by molar-refractivity contribution is 0.0687. The third kappa shape index (κ3) is 2.03. The van der Waals surface area contributed by atoms with Crippen LogP contribution < -0.4 is 5.73 Å². The Kier molecular flexibility index (Phi) is 2.99. The van der Waals surface area contributed by atoms with E-state index in [0.717, 1.165) is 0 Å². The number of carbonyl (C=O) groups is 1. The van der Waals surface area contributed by atoms with E-state index in [1.807, 2.05) is 34.6 Å². The van der Waals surface area contributed by atoms with Crippen molar-refractivity contribution in [3.8, 4) is 0 Å². The standard InChI is InChI=1S/C11H19N3O2/c1-6(2)7-8(10(15)16)13-14(9(7)12)11(3,4)5/h6H,12H2,1-5H3,(H,15,16). The van der Waals surface area contributed by atoms with Crippen LogP contribution in [0.3, 0.4) is 0 Å². The highest BCUT2D eigenvalue weighted by Gasteiger charge is 2.27. The van der Waals surface area contributed by atoms with E-state index in [0.29, 0.717) is 11.4 Å². The first-order chi connectivity index (χ1) is 7.16. The number of carboxylic acids is 1. The van der Waals surface area contributed by atoms with E-state index in [2.05, 4.69) is 5.10 Å². The largest absolute Gasteiger partial charge is 0.476 e. The quantitative estimate of drug-likeness (QED) is 0.807. The smallest absolute Gasteiger partial charge is 0.356 e. The molecule has 0 aliphatic carbocycles. The maximum absolute atomic E-state index is 11.1. The van der Waals surface area contributed by atoms with Crippen molar-refractivity contribution in [1.82, 2.24) is 9.78 Å². The van der Waals surface area contributed by atoms with E-state index in [4.69, 9.17) is 10.8 Å². The Morgan fingerprint density at radius 3 is 2.19 bits per heavy atom. The summed E-state index contributed by atoms with van der Waals surface area (Å²) in [6.07, 6.45) is 0. The van der Waals surface area contributed by atoms with E-state index in [-0.39, 0.29) is 17.2 Å². The van der Waals surface area contributed by atoms with Gasteiger partial charge < -0.3 is 10.8 Å². The molecule has 0 bridgehead atoms. The van der Waals surface area contributed by atoms with Gasteiger partial charge in [-0.1, -0.05) is 13.8 Å². The van der Waals surface area contributed by atoms with Gasteiger partial charge >= 0.3 is 5.97 Å². The fourth-order valence-corrected chi connectivity index (χ4v) is 1.68. The summed E-state index contributed by atoms with van der Waals surface area (Å²) in [4.78, 5) is 11.1. The molecule has 90 valence electrons. The molecule has 1 aromatic rings. The zero-order valence-electron chi connectivity index (χ0n) is 10.4. The van der Waals surface area contributed by atoms with Gasteiger partial charge in [-0.2, -0.15) is 5.10 Å². The van der Waals surface area contributed by atoms with Crippen LogP contribution >= 0.6 is 0 Å². The van der Waals surface area contributed by atoms with Crippen LogP contribution in [0.4, 0.5) is 5.82 Å². The molecule has 0 unspecified atom stereocenters. The van der Waals surface area contributed by atoms with Crippen LogP contribution in [0.1, 0.15) is 56.6 Å². The Balaban J connectivity index is 3.48. The maximum Gasteiger partial charge on any atom is 0.356 e. The molecule has 1 heterocycles. The second kappa shape index (κ2) is 3.81. The minimum absolute atomic E-state index is 0.0437. The molecule has 3 N–H and O–H groups in total. The van der Waals surface area contributed by atoms with Crippen molar-refractivity contribution in [3.63, 3.8) is 0 Å². The number of nitrogen functional groups attached to an aromatic ring is 1. The summed E-state index contributed by atoms with van der Waals surface area (Å²) in [7, 11) is 0. The van der Waals surface area contributed by atoms with E-state index in [9.17, 15) is 4.79 Å². The molecule has 0 aliphatic heterocycles. The van der Waals surface area contributed by atoms with Crippen LogP contribution in [0.25, 0.3) is 0 Å². The summed E-state index contributed by atoms with van der Waals surface area (Å²) >= 11 is 0. The molecule has 0 spiro atoms. The molecule has 0 fully saturated rings. The molecule has 5 nitrogen and oxygen atoms in total. The molecule has 0 saturated heterocycles. The zero-order valence-corrected chi connectivity index (χ0v) is 10.4. The summed E-state index contributed by atoms with van der Waals surface area (Å²) in [5, 5.41) is 13.2. The molecule has 0 atom stereocenters. The predicted molar refractivity (Wildman–Crippen MR) is 62.7 cm³/mol. The molecule has 0 saturated carbocycles. The lowest BCUT2D eigenvalue weighted by Crippen LogP contribution is -2.25. The van der Waals surface area contributed by atoms with Crippen molar-refractivity contribution in [1.29, 1.82) is 0 Å². The number of aromatic carboxylic acids is 1. The molecule has 1 aromatic heterocycles. The normalized spacial score (nSPS) is 12.1. The Hall–Kier alpha value is -1.52. The number of nitrogens with zero attached hydrogens (tertiary/aromatic N) is 2. The first-order valence-electron chi connectivity index (χ1n) is 5.28. The van der Waals surface area contributed by atoms with Crippen LogP contribution in [-0.4, -0.2) is 20.9 Å². The maximum atomic E-state index is 11.1. The summed E-state index contributed by atoms with van der Waals surface area (Å²) in [6.45, 7) is 9.63. The van der Waals surface area contributed by atoms with Crippen molar-refractivity contribution in [2.75, 3.05) is 5.73 Å². The molecule has 0 aromatic carbocycles. The molecule has 0 amide bonds. The number of hydrogen-bond acceptors (Lipinski definition) is 3. The molecular weight excluding hydrogens is 206 g/mol. The number of aromatic nitrogens is 2. The van der Waals surface area contributed by atoms with Gasteiger partial charge in [0.25, 0.3) is 0 Å². The van der Waals surface area contributed by atoms with Crippen molar-refractivity contribution in [3.05, 3.63) is 11.3 Å². The molecular formula is C11H19N3O2. The number of hydrogen-bond donors (Lipinski definition) is 2. The Labute approximate surface area is 95.3 Å². The van der Waals surface area contributed by atoms with Crippen LogP contribution in [0.2, 0.25) is 0 Å². The van der Waals surface area contributed by atoms with Gasteiger partial charge in [0.1, 0.15) is 5.82 Å². The van der Waals surface area contributed by atoms with Gasteiger partial charge in [0.15, 0.2) is 5.69 Å². The number of anilines is 1. The lowest BCUT2D eigenvalue weighted by atomic mass is 10.0. The minimum Gasteiger partial charge on any atom is -0.476 e. The second-order valence-corrected chi connectivity index (χ2v) is 5.19. The van der Waals surface area contributed by atoms with Crippen LogP contribution in [0, 0.1) is 0 Å². The van der Waals surface area contributed by atoms with Gasteiger partial charge in [-0.05, 0) is 26.7 Å². The molecule has 5 heteroatoms. The van der Waals surface area contributed by atoms with E-state index >= 15 is 0 Å². The van der Waals surface area contributed by atoms with E-state index < -0.39 is 5.97 Å². The van der Waals surface area contributed by atoms with E-state index in [1.54, 1.807) is 4.68 Å². The summed E-state index contributed by atoms with van der Waals surface area (Å²) in [5.74, 6) is -0.541. The Bertz CT molecular complexity index is 414. The lowest BCUT2D eigenvalue weighted by Gasteiger charge is -2.21. The highest BCUT2D eigenvalue weighted by molar-refractivity contribution is 5.89. The predicted octanol–water partition coefficient (Wildman–Crippen LogP) is 2.04. The highest BCUT2D eigenvalue weighted by Crippen LogP contribution is 2.29. The first kappa shape index (κ1) is 12.5. The monoisotopic (exact) mass is 225 g/mol. The van der Waals surface area contributed by atoms with Crippen LogP contribution in [0.5, 0.6) is 0 Å². The van der Waals surface area contributed by atoms with Crippen molar-refractivity contribution in [2.24, 2.45) is 0 Å². The fourth-order valence-electron chi connectivity index (χ4n) is 1.68. The van der Waals surface area contributed by atoms with E-state index in [1.165, 1.54) is 0 Å². The molecule has 0 aliphatic rings. The van der Waals surface area contributed by atoms with Gasteiger partial charge in [0.05, 0.1) is 5.54 Å². The third-order valence-corrected chi connectivity index (χ3v) is 2.37. The highest BCUT2D eigenvalue weighted by atomic mass is 16.4. The SMILES string of the molecule is CC(C)c1c(C(=O)O)nn(C(C)(C)C)c1N. The van der Waals surface area contributed by atoms with Crippen LogP contribution in [0.15, 0.2) is 0 Å². The Morgan fingerprint density at radius 1 is 1.44 bits per heavy atom. The molecule has 16 heavy (non-hydrogen) atoms. The minimum atomic E-state index is -1.03. The fraction of sp³-hybridized carbons (Fsp3) is 0.636. The third-order valence-electron chi connectivity index (χ3n) is 2.37. The van der Waals surface area contributed by atoms with Gasteiger partial charge in [-0.3, -0.25) is 0 Å². The summed E-state index contributed by atoms with van der Waals surface area (Å²) < 4.78 is 1.58. The summed E-state index contributed by atoms with van der Waals surface area (Å²) in [5.41, 5.74) is 6.32. The Morgan fingerprint density at radius 2 is 1.94 bits per heavy atom. The van der Waals surface area contributed by atoms with Gasteiger partial charge in [-0.15, -0.1) is 0 Å². The van der Waals surface area contributed by atoms with Gasteiger partial charge in [-0.25, -0.2) is 9.48 Å². The molecule has 1 rings (SSSR count). The van der Waals surface area contributed by atoms with Crippen molar-refractivity contribution < 1.29 is 9.90 Å². The first-order valence-corrected chi connectivity index (χ1v) is 5.28. The summed E-state index contributed by atoms with van der Waals surface area (Å²) in [6, 6.07) is 0. The average Bonchev–Trinajstić information content (AvgIpc) is 2.41. The van der Waals surface area contributed by atoms with Gasteiger partial charge in [0, 0.05) is 5.56 Å². The van der Waals surface area contributed by atoms with Crippen molar-refractivity contribution >= 4 is 11.8 Å². The van der Waals surface area contributed by atoms with Crippen LogP contribution in [-0.2, 0) is 5.54 Å². The topological polar surface area (TPSA) is 81.1 Å². The molecule has 0 radical (unpaired) electrons. The number of rotatable bonds is 2. The number of carboxylic acid groups (broad SMARTS) is 1. The van der Waals surface area contributed by atoms with Crippen molar-refractivity contribution in [2.45, 2.75) is 46.1 Å². The zero-order chi connectivity index (χ0) is 12.7. The van der Waals surface area contributed by atoms with Gasteiger partial charge in [0.2, 0.25) is 0 Å².